The van der Waals surface area contributed by atoms with Crippen LogP contribution in [0, 0.1) is 29.1 Å². The second-order valence-corrected chi connectivity index (χ2v) is 15.5. The molecular formula is C44H39BrN2O8. The zero-order valence-corrected chi connectivity index (χ0v) is 32.3. The van der Waals surface area contributed by atoms with Crippen LogP contribution < -0.4 is 24.0 Å². The molecule has 11 heteroatoms. The van der Waals surface area contributed by atoms with Gasteiger partial charge in [-0.1, -0.05) is 70.1 Å². The number of allylic oxidation sites excluding steroid dienone is 2. The molecule has 8 rings (SSSR count). The molecule has 4 amide bonds. The number of carbonyl (C=O) groups is 4. The summed E-state index contributed by atoms with van der Waals surface area (Å²) in [5, 5.41) is 11.6. The normalized spacial score (nSPS) is 25.8. The van der Waals surface area contributed by atoms with E-state index in [1.807, 2.05) is 54.6 Å². The van der Waals surface area contributed by atoms with Gasteiger partial charge in [0.2, 0.25) is 23.6 Å². The van der Waals surface area contributed by atoms with E-state index >= 15 is 0 Å². The van der Waals surface area contributed by atoms with Crippen molar-refractivity contribution < 1.29 is 38.5 Å². The van der Waals surface area contributed by atoms with Crippen molar-refractivity contribution in [1.82, 2.24) is 0 Å². The standard InChI is InChI=1S/C44H39BrN2O8/c1-44-34(41(50)47(43(44)52)27-8-6-5-7-9-27)23-32-30(38(44)33-21-26(45)22-36(55-4)39(33)48)17-18-31-37(32)42(51)46(40(31)49)28-14-11-24(12-15-28)10-13-25-20-29(53-2)16-19-35(25)54-3/h5-17,19-22,31-32,34,37-38,48H,18,23H2,1-4H3/t31-,32+,34-,37-,38+,44+/m0/s1. The zero-order chi connectivity index (χ0) is 38.8. The van der Waals surface area contributed by atoms with Gasteiger partial charge < -0.3 is 19.3 Å². The largest absolute Gasteiger partial charge is 0.504 e. The van der Waals surface area contributed by atoms with Gasteiger partial charge in [0.15, 0.2) is 11.5 Å². The molecule has 55 heavy (non-hydrogen) atoms. The van der Waals surface area contributed by atoms with E-state index in [-0.39, 0.29) is 48.0 Å². The highest BCUT2D eigenvalue weighted by Gasteiger charge is 2.68. The third kappa shape index (κ3) is 5.66. The van der Waals surface area contributed by atoms with Gasteiger partial charge in [-0.15, -0.1) is 0 Å². The Morgan fingerprint density at radius 1 is 0.764 bits per heavy atom. The maximum atomic E-state index is 14.7. The first kappa shape index (κ1) is 36.3. The monoisotopic (exact) mass is 802 g/mol. The molecule has 6 atom stereocenters. The fourth-order valence-corrected chi connectivity index (χ4v) is 9.75. The molecule has 0 unspecified atom stereocenters. The number of fused-ring (bicyclic) bond motifs is 4. The summed E-state index contributed by atoms with van der Waals surface area (Å²) in [7, 11) is 4.65. The third-order valence-corrected chi connectivity index (χ3v) is 12.4. The van der Waals surface area contributed by atoms with E-state index in [0.29, 0.717) is 32.9 Å². The van der Waals surface area contributed by atoms with Crippen LogP contribution in [0.15, 0.2) is 101 Å². The molecule has 0 radical (unpaired) electrons. The summed E-state index contributed by atoms with van der Waals surface area (Å²) < 4.78 is 17.0. The lowest BCUT2D eigenvalue weighted by molar-refractivity contribution is -0.131. The summed E-state index contributed by atoms with van der Waals surface area (Å²) in [6.45, 7) is 1.79. The van der Waals surface area contributed by atoms with Crippen molar-refractivity contribution in [2.45, 2.75) is 25.7 Å². The number of hydrogen-bond donors (Lipinski definition) is 1. The molecule has 2 aliphatic heterocycles. The predicted molar refractivity (Wildman–Crippen MR) is 211 cm³/mol. The SMILES string of the molecule is COc1ccc(OC)c(C=Cc2ccc(N3C(=O)[C@H]4[C@H](CC=C5[C@H]4C[C@H]4C(=O)N(c6ccccc6)C(=O)[C@@]4(C)[C@H]5c4cc(Br)cc(OC)c4O)C3=O)cc2)c1. The van der Waals surface area contributed by atoms with E-state index in [1.165, 1.54) is 16.9 Å². The number of ether oxygens (including phenoxy) is 3. The lowest BCUT2D eigenvalue weighted by Gasteiger charge is -2.49. The molecule has 4 aromatic rings. The van der Waals surface area contributed by atoms with Crippen LogP contribution in [-0.2, 0) is 19.2 Å². The van der Waals surface area contributed by atoms with Gasteiger partial charge in [-0.2, -0.15) is 0 Å². The summed E-state index contributed by atoms with van der Waals surface area (Å²) in [5.41, 5.74) is 2.45. The summed E-state index contributed by atoms with van der Waals surface area (Å²) in [5.74, 6) is -3.52. The molecule has 3 fully saturated rings. The summed E-state index contributed by atoms with van der Waals surface area (Å²) in [4.78, 5) is 60.4. The van der Waals surface area contributed by atoms with Crippen LogP contribution in [0.3, 0.4) is 0 Å². The van der Waals surface area contributed by atoms with Gasteiger partial charge in [0.05, 0.1) is 55.9 Å². The number of para-hydroxylation sites is 1. The Morgan fingerprint density at radius 2 is 1.47 bits per heavy atom. The van der Waals surface area contributed by atoms with Crippen molar-refractivity contribution >= 4 is 63.1 Å². The Balaban J connectivity index is 1.16. The lowest BCUT2D eigenvalue weighted by Crippen LogP contribution is -2.49. The highest BCUT2D eigenvalue weighted by molar-refractivity contribution is 9.10. The third-order valence-electron chi connectivity index (χ3n) is 11.9. The van der Waals surface area contributed by atoms with Gasteiger partial charge >= 0.3 is 0 Å². The molecule has 10 nitrogen and oxygen atoms in total. The van der Waals surface area contributed by atoms with Crippen LogP contribution in [0.1, 0.15) is 42.4 Å². The Morgan fingerprint density at radius 3 is 2.16 bits per heavy atom. The van der Waals surface area contributed by atoms with Gasteiger partial charge in [-0.05, 0) is 85.8 Å². The molecular weight excluding hydrogens is 764 g/mol. The van der Waals surface area contributed by atoms with Gasteiger partial charge in [-0.25, -0.2) is 4.90 Å². The van der Waals surface area contributed by atoms with Gasteiger partial charge in [0.1, 0.15) is 11.5 Å². The molecule has 0 bridgehead atoms. The van der Waals surface area contributed by atoms with Crippen molar-refractivity contribution in [3.8, 4) is 23.0 Å². The molecule has 2 aliphatic carbocycles. The van der Waals surface area contributed by atoms with Crippen molar-refractivity contribution in [2.75, 3.05) is 31.1 Å². The minimum absolute atomic E-state index is 0.146. The number of imide groups is 2. The van der Waals surface area contributed by atoms with Crippen molar-refractivity contribution in [1.29, 1.82) is 0 Å². The zero-order valence-electron chi connectivity index (χ0n) is 30.7. The average molecular weight is 804 g/mol. The van der Waals surface area contributed by atoms with Gasteiger partial charge in [-0.3, -0.25) is 24.1 Å². The smallest absolute Gasteiger partial charge is 0.241 e. The lowest BCUT2D eigenvalue weighted by atomic mass is 9.51. The number of phenols is 1. The van der Waals surface area contributed by atoms with Crippen LogP contribution in [0.25, 0.3) is 12.2 Å². The van der Waals surface area contributed by atoms with E-state index in [4.69, 9.17) is 14.2 Å². The van der Waals surface area contributed by atoms with Crippen molar-refractivity contribution in [2.24, 2.45) is 29.1 Å². The Kier molecular flexibility index (Phi) is 9.16. The quantitative estimate of drug-likeness (QED) is 0.109. The molecule has 0 spiro atoms. The Bertz CT molecular complexity index is 2300. The highest BCUT2D eigenvalue weighted by atomic mass is 79.9. The number of amides is 4. The number of methoxy groups -OCH3 is 3. The molecule has 1 N–H and O–H groups in total. The fourth-order valence-electron chi connectivity index (χ4n) is 9.30. The maximum absolute atomic E-state index is 14.7. The molecule has 2 saturated heterocycles. The molecule has 2 heterocycles. The first-order valence-electron chi connectivity index (χ1n) is 18.1. The average Bonchev–Trinajstić information content (AvgIpc) is 3.57. The number of benzene rings is 4. The van der Waals surface area contributed by atoms with Crippen molar-refractivity contribution in [3.63, 3.8) is 0 Å². The highest BCUT2D eigenvalue weighted by Crippen LogP contribution is 2.65. The summed E-state index contributed by atoms with van der Waals surface area (Å²) >= 11 is 3.55. The molecule has 4 aliphatic rings. The van der Waals surface area contributed by atoms with Crippen molar-refractivity contribution in [3.05, 3.63) is 118 Å². The maximum Gasteiger partial charge on any atom is 0.241 e. The second kappa shape index (κ2) is 13.9. The number of phenolic OH excluding ortho intramolecular Hbond substituents is 1. The van der Waals surface area contributed by atoms with E-state index in [9.17, 15) is 24.3 Å². The van der Waals surface area contributed by atoms with Crippen LogP contribution in [-0.4, -0.2) is 50.1 Å². The number of hydrogen-bond acceptors (Lipinski definition) is 8. The number of anilines is 2. The molecule has 4 aromatic carbocycles. The predicted octanol–water partition coefficient (Wildman–Crippen LogP) is 7.79. The Hall–Kier alpha value is -5.68. The van der Waals surface area contributed by atoms with Gasteiger partial charge in [0, 0.05) is 21.5 Å². The first-order valence-corrected chi connectivity index (χ1v) is 18.9. The summed E-state index contributed by atoms with van der Waals surface area (Å²) in [6.07, 6.45) is 6.25. The number of nitrogens with zero attached hydrogens (tertiary/aromatic N) is 2. The van der Waals surface area contributed by atoms with E-state index in [0.717, 1.165) is 16.7 Å². The van der Waals surface area contributed by atoms with Crippen LogP contribution >= 0.6 is 15.9 Å². The molecule has 1 saturated carbocycles. The van der Waals surface area contributed by atoms with Gasteiger partial charge in [0.25, 0.3) is 0 Å². The second-order valence-electron chi connectivity index (χ2n) is 14.6. The minimum atomic E-state index is -1.31. The number of halogens is 1. The fraction of sp³-hybridized carbons (Fsp3) is 0.273. The minimum Gasteiger partial charge on any atom is -0.504 e. The van der Waals surface area contributed by atoms with E-state index in [2.05, 4.69) is 15.9 Å². The first-order chi connectivity index (χ1) is 26.5. The topological polar surface area (TPSA) is 123 Å². The number of carbonyl (C=O) groups excluding carboxylic acids is 4. The van der Waals surface area contributed by atoms with E-state index < -0.39 is 35.0 Å². The Labute approximate surface area is 327 Å². The van der Waals surface area contributed by atoms with E-state index in [1.54, 1.807) is 69.7 Å². The van der Waals surface area contributed by atoms with Crippen LogP contribution in [0.2, 0.25) is 0 Å². The van der Waals surface area contributed by atoms with Crippen LogP contribution in [0.4, 0.5) is 11.4 Å². The summed E-state index contributed by atoms with van der Waals surface area (Å²) in [6, 6.07) is 24.9. The number of rotatable bonds is 8. The molecule has 0 aromatic heterocycles. The number of aromatic hydroxyl groups is 1. The van der Waals surface area contributed by atoms with Crippen LogP contribution in [0.5, 0.6) is 23.0 Å². The molecule has 280 valence electrons.